The average Bonchev–Trinajstić information content (AvgIpc) is 3.82. The molecule has 18 heteroatoms. The van der Waals surface area contributed by atoms with Crippen LogP contribution in [-0.2, 0) is 12.4 Å². The molecule has 260 valence electrons. The third-order valence-corrected chi connectivity index (χ3v) is 7.98. The minimum Gasteiger partial charge on any atom is -0.193 e. The van der Waals surface area contributed by atoms with Gasteiger partial charge in [0.05, 0.1) is 98.2 Å². The molecule has 0 heterocycles. The first-order chi connectivity index (χ1) is 25.3. The molecular weight excluding hydrogens is 729 g/mol. The summed E-state index contributed by atoms with van der Waals surface area (Å²) in [4.78, 5) is 0. The topological polar surface area (TPSA) is 214 Å². The van der Waals surface area contributed by atoms with Gasteiger partial charge in [0, 0.05) is 44.9 Å². The standard InChI is InChI=1S/C36H8F9N9/c37-34(38,39)31-19(10-49)1-16(7-46)4-22(31)25(13-52)28-29(26(14-53)23-5-17(8-47)2-20(11-50)32(23)35(40,41)42)30(28)27(15-54)24-6-18(9-48)3-21(12-51)33(24)36(43,44)45/h1-5,24H,6H2/b28-25+,29-26?,30-27+. The number of nitriles is 9. The summed E-state index contributed by atoms with van der Waals surface area (Å²) in [5, 5.41) is 88.1. The Morgan fingerprint density at radius 3 is 1.26 bits per heavy atom. The van der Waals surface area contributed by atoms with Gasteiger partial charge >= 0.3 is 18.5 Å². The monoisotopic (exact) mass is 737 g/mol. The highest BCUT2D eigenvalue weighted by Crippen LogP contribution is 2.59. The van der Waals surface area contributed by atoms with Crippen molar-refractivity contribution in [2.24, 2.45) is 5.92 Å². The highest BCUT2D eigenvalue weighted by atomic mass is 19.4. The Balaban J connectivity index is 2.41. The lowest BCUT2D eigenvalue weighted by molar-refractivity contribution is -0.138. The molecule has 54 heavy (non-hydrogen) atoms. The molecule has 0 aromatic heterocycles. The quantitative estimate of drug-likeness (QED) is 0.219. The molecule has 0 N–H and O–H groups in total. The Kier molecular flexibility index (Phi) is 9.97. The molecule has 0 spiro atoms. The van der Waals surface area contributed by atoms with Crippen molar-refractivity contribution in [1.82, 2.24) is 0 Å². The largest absolute Gasteiger partial charge is 0.418 e. The zero-order valence-electron chi connectivity index (χ0n) is 26.1. The highest BCUT2D eigenvalue weighted by Gasteiger charge is 2.51. The number of halogens is 9. The molecule has 9 nitrogen and oxygen atoms in total. The van der Waals surface area contributed by atoms with E-state index >= 15 is 0 Å². The number of rotatable bonds is 3. The fraction of sp³-hybridized carbons (Fsp3) is 0.139. The normalized spacial score (nSPS) is 18.0. The number of allylic oxidation sites excluding steroid dienone is 10. The van der Waals surface area contributed by atoms with Gasteiger partial charge in [-0.25, -0.2) is 0 Å². The molecule has 1 unspecified atom stereocenters. The number of benzene rings is 2. The van der Waals surface area contributed by atoms with E-state index in [1.807, 2.05) is 0 Å². The second-order valence-electron chi connectivity index (χ2n) is 10.9. The Morgan fingerprint density at radius 1 is 0.519 bits per heavy atom. The van der Waals surface area contributed by atoms with Crippen molar-refractivity contribution >= 4 is 11.1 Å². The molecule has 0 saturated heterocycles. The van der Waals surface area contributed by atoms with Crippen LogP contribution in [0.5, 0.6) is 0 Å². The average molecular weight is 738 g/mol. The maximum atomic E-state index is 14.6. The smallest absolute Gasteiger partial charge is 0.193 e. The summed E-state index contributed by atoms with van der Waals surface area (Å²) in [7, 11) is 0. The maximum absolute atomic E-state index is 14.6. The van der Waals surface area contributed by atoms with Crippen LogP contribution in [0.25, 0.3) is 11.1 Å². The number of alkyl halides is 9. The van der Waals surface area contributed by atoms with Crippen molar-refractivity contribution in [2.45, 2.75) is 24.9 Å². The zero-order chi connectivity index (χ0) is 40.5. The van der Waals surface area contributed by atoms with Crippen LogP contribution >= 0.6 is 0 Å². The fourth-order valence-electron chi connectivity index (χ4n) is 5.95. The molecule has 1 atom stereocenters. The van der Waals surface area contributed by atoms with Crippen LogP contribution in [0.3, 0.4) is 0 Å². The van der Waals surface area contributed by atoms with E-state index in [0.29, 0.717) is 30.3 Å². The molecule has 0 bridgehead atoms. The van der Waals surface area contributed by atoms with Crippen molar-refractivity contribution in [1.29, 1.82) is 47.4 Å². The van der Waals surface area contributed by atoms with Gasteiger partial charge in [-0.2, -0.15) is 86.9 Å². The summed E-state index contributed by atoms with van der Waals surface area (Å²) in [5.74, 6) is -2.36. The van der Waals surface area contributed by atoms with Crippen LogP contribution in [0.4, 0.5) is 39.5 Å². The summed E-state index contributed by atoms with van der Waals surface area (Å²) >= 11 is 0. The zero-order valence-corrected chi connectivity index (χ0v) is 26.1. The summed E-state index contributed by atoms with van der Waals surface area (Å²) in [5.41, 5.74) is -20.3. The van der Waals surface area contributed by atoms with E-state index in [9.17, 15) is 86.9 Å². The van der Waals surface area contributed by atoms with Gasteiger partial charge in [-0.05, 0) is 36.8 Å². The molecule has 0 amide bonds. The van der Waals surface area contributed by atoms with Crippen molar-refractivity contribution in [3.05, 3.63) is 114 Å². The minimum atomic E-state index is -5.51. The Hall–Kier alpha value is -8.08. The Morgan fingerprint density at radius 2 is 0.963 bits per heavy atom. The van der Waals surface area contributed by atoms with Gasteiger partial charge < -0.3 is 0 Å². The highest BCUT2D eigenvalue weighted by molar-refractivity contribution is 6.08. The summed E-state index contributed by atoms with van der Waals surface area (Å²) in [6.45, 7) is 0. The van der Waals surface area contributed by atoms with E-state index in [2.05, 4.69) is 0 Å². The van der Waals surface area contributed by atoms with Crippen LogP contribution in [0.15, 0.2) is 69.4 Å². The first-order valence-corrected chi connectivity index (χ1v) is 14.2. The van der Waals surface area contributed by atoms with Crippen molar-refractivity contribution in [3.8, 4) is 54.6 Å². The molecular formula is C36H8F9N9. The fourth-order valence-corrected chi connectivity index (χ4v) is 5.95. The first-order valence-electron chi connectivity index (χ1n) is 14.2. The SMILES string of the molecule is N#CC1=CC(C#N)=C(C(F)(F)F)C(/C(C#N)=C2/C(=C(C#N)c3cc(C#N)cc(C#N)c3C(F)(F)F)/C2=C(/C#N)c2cc(C#N)cc(C#N)c2C(F)(F)F)C1. The van der Waals surface area contributed by atoms with Gasteiger partial charge in [-0.1, -0.05) is 0 Å². The lowest BCUT2D eigenvalue weighted by Gasteiger charge is -2.25. The molecule has 0 radical (unpaired) electrons. The second kappa shape index (κ2) is 13.9. The van der Waals surface area contributed by atoms with Crippen LogP contribution < -0.4 is 0 Å². The van der Waals surface area contributed by atoms with E-state index in [-0.39, 0.29) is 0 Å². The van der Waals surface area contributed by atoms with Crippen LogP contribution in [-0.4, -0.2) is 6.18 Å². The van der Waals surface area contributed by atoms with Gasteiger partial charge in [0.15, 0.2) is 0 Å². The minimum absolute atomic E-state index is 0.443. The number of hydrogen-bond donors (Lipinski definition) is 0. The summed E-state index contributed by atoms with van der Waals surface area (Å²) in [6.07, 6.45) is -16.9. The maximum Gasteiger partial charge on any atom is 0.418 e. The van der Waals surface area contributed by atoms with Gasteiger partial charge in [-0.15, -0.1) is 0 Å². The molecule has 2 aliphatic rings. The molecule has 1 saturated carbocycles. The van der Waals surface area contributed by atoms with Crippen molar-refractivity contribution in [2.75, 3.05) is 0 Å². The Bertz CT molecular complexity index is 2510. The molecule has 4 rings (SSSR count). The predicted molar refractivity (Wildman–Crippen MR) is 160 cm³/mol. The number of hydrogen-bond acceptors (Lipinski definition) is 9. The molecule has 2 aliphatic carbocycles. The third kappa shape index (κ3) is 6.70. The summed E-state index contributed by atoms with van der Waals surface area (Å²) < 4.78 is 131. The van der Waals surface area contributed by atoms with Gasteiger partial charge in [0.1, 0.15) is 12.1 Å². The van der Waals surface area contributed by atoms with Crippen molar-refractivity contribution < 1.29 is 39.5 Å². The molecule has 2 aromatic rings. The van der Waals surface area contributed by atoms with E-state index in [1.165, 1.54) is 54.6 Å². The predicted octanol–water partition coefficient (Wildman–Crippen LogP) is 8.15. The molecule has 0 aliphatic heterocycles. The molecule has 1 fully saturated rings. The Labute approximate surface area is 297 Å². The third-order valence-electron chi connectivity index (χ3n) is 7.98. The van der Waals surface area contributed by atoms with Gasteiger partial charge in [-0.3, -0.25) is 0 Å². The van der Waals surface area contributed by atoms with Crippen LogP contribution in [0.1, 0.15) is 50.9 Å². The number of nitrogens with zero attached hydrogens (tertiary/aromatic N) is 9. The first kappa shape index (κ1) is 38.7. The van der Waals surface area contributed by atoms with E-state index in [0.717, 1.165) is 0 Å². The van der Waals surface area contributed by atoms with Gasteiger partial charge in [0.25, 0.3) is 0 Å². The van der Waals surface area contributed by atoms with Crippen LogP contribution in [0, 0.1) is 108 Å². The molecule has 2 aromatic carbocycles. The lowest BCUT2D eigenvalue weighted by atomic mass is 9.78. The van der Waals surface area contributed by atoms with E-state index in [4.69, 9.17) is 0 Å². The van der Waals surface area contributed by atoms with E-state index in [1.54, 1.807) is 0 Å². The van der Waals surface area contributed by atoms with Crippen LogP contribution in [0.2, 0.25) is 0 Å². The van der Waals surface area contributed by atoms with Crippen molar-refractivity contribution in [3.63, 3.8) is 0 Å². The van der Waals surface area contributed by atoms with E-state index < -0.39 is 126 Å². The summed E-state index contributed by atoms with van der Waals surface area (Å²) in [6, 6.07) is 14.0. The van der Waals surface area contributed by atoms with Gasteiger partial charge in [0.2, 0.25) is 0 Å². The second-order valence-corrected chi connectivity index (χ2v) is 10.9. The lowest BCUT2D eigenvalue weighted by Crippen LogP contribution is -2.26.